The third-order valence-electron chi connectivity index (χ3n) is 5.49. The molecule has 172 valence electrons. The summed E-state index contributed by atoms with van der Waals surface area (Å²) in [6.07, 6.45) is 2.25. The molecule has 1 aliphatic rings. The van der Waals surface area contributed by atoms with E-state index in [1.54, 1.807) is 6.07 Å². The molecule has 1 atom stereocenters. The fraction of sp³-hybridized carbons (Fsp3) is 0.320. The smallest absolute Gasteiger partial charge is 0.257 e. The van der Waals surface area contributed by atoms with Gasteiger partial charge in [0.25, 0.3) is 5.91 Å². The number of ether oxygens (including phenoxy) is 1. The summed E-state index contributed by atoms with van der Waals surface area (Å²) in [5, 5.41) is 11.4. The number of aromatic nitrogens is 2. The molecule has 1 saturated carbocycles. The van der Waals surface area contributed by atoms with E-state index >= 15 is 0 Å². The van der Waals surface area contributed by atoms with Gasteiger partial charge in [-0.25, -0.2) is 4.39 Å². The highest BCUT2D eigenvalue weighted by atomic mass is 35.5. The van der Waals surface area contributed by atoms with Crippen LogP contribution in [0.5, 0.6) is 11.5 Å². The van der Waals surface area contributed by atoms with Gasteiger partial charge in [0.2, 0.25) is 0 Å². The van der Waals surface area contributed by atoms with E-state index in [4.69, 9.17) is 27.9 Å². The number of hydrogen-bond acceptors (Lipinski definition) is 4. The molecule has 1 aliphatic carbocycles. The van der Waals surface area contributed by atoms with Crippen LogP contribution in [0, 0.1) is 0 Å². The summed E-state index contributed by atoms with van der Waals surface area (Å²) in [6.45, 7) is 3.55. The number of alkyl halides is 1. The first-order valence-corrected chi connectivity index (χ1v) is 11.6. The van der Waals surface area contributed by atoms with E-state index in [0.717, 1.165) is 0 Å². The van der Waals surface area contributed by atoms with Gasteiger partial charge in [0.15, 0.2) is 5.75 Å². The molecular weight excluding hydrogens is 464 g/mol. The highest BCUT2D eigenvalue weighted by molar-refractivity contribution is 6.35. The van der Waals surface area contributed by atoms with E-state index in [2.05, 4.69) is 21.6 Å². The predicted molar refractivity (Wildman–Crippen MR) is 127 cm³/mol. The molecule has 1 heterocycles. The van der Waals surface area contributed by atoms with Crippen molar-refractivity contribution in [1.82, 2.24) is 15.5 Å². The summed E-state index contributed by atoms with van der Waals surface area (Å²) >= 11 is 12.0. The number of halogens is 3. The van der Waals surface area contributed by atoms with Crippen LogP contribution in [0.15, 0.2) is 48.7 Å². The summed E-state index contributed by atoms with van der Waals surface area (Å²) in [7, 11) is 0. The molecule has 1 amide bonds. The van der Waals surface area contributed by atoms with Crippen molar-refractivity contribution in [2.24, 2.45) is 0 Å². The first kappa shape index (κ1) is 23.5. The second-order valence-electron chi connectivity index (χ2n) is 8.42. The van der Waals surface area contributed by atoms with Crippen molar-refractivity contribution in [1.29, 1.82) is 0 Å². The molecule has 1 N–H and O–H groups in total. The lowest BCUT2D eigenvalue weighted by molar-refractivity contribution is 0.0937. The Balaban J connectivity index is 1.56. The third-order valence-corrected chi connectivity index (χ3v) is 6.06. The lowest BCUT2D eigenvalue weighted by atomic mass is 10.0. The number of nitrogens with one attached hydrogen (secondary N) is 1. The Morgan fingerprint density at radius 3 is 2.70 bits per heavy atom. The van der Waals surface area contributed by atoms with E-state index in [9.17, 15) is 9.18 Å². The first-order valence-electron chi connectivity index (χ1n) is 10.8. The molecule has 0 spiro atoms. The van der Waals surface area contributed by atoms with Crippen LogP contribution in [0.25, 0.3) is 0 Å². The Bertz CT molecular complexity index is 1170. The molecule has 1 fully saturated rings. The van der Waals surface area contributed by atoms with Crippen molar-refractivity contribution < 1.29 is 13.9 Å². The normalized spacial score (nSPS) is 14.2. The monoisotopic (exact) mass is 487 g/mol. The van der Waals surface area contributed by atoms with E-state index in [0.29, 0.717) is 22.4 Å². The SMILES string of the molecule is CC(C)c1nncc(Oc2cccc(C3CC3)c2)c1C(=O)NC[C@H](F)c1ccc(Cl)cc1Cl. The van der Waals surface area contributed by atoms with Crippen LogP contribution >= 0.6 is 23.2 Å². The molecule has 0 radical (unpaired) electrons. The number of benzene rings is 2. The standard InChI is InChI=1S/C25H24Cl2FN3O2/c1-14(2)24-23(25(32)29-12-21(28)19-9-8-17(26)11-20(19)27)22(13-30-31-24)33-18-5-3-4-16(10-18)15-6-7-15/h3-5,8-11,13-15,21H,6-7,12H2,1-2H3,(H,29,32)/t21-/m0/s1. The number of carbonyl (C=O) groups is 1. The number of nitrogens with zero attached hydrogens (tertiary/aromatic N) is 2. The van der Waals surface area contributed by atoms with Crippen LogP contribution < -0.4 is 10.1 Å². The minimum Gasteiger partial charge on any atom is -0.455 e. The van der Waals surface area contributed by atoms with Crippen molar-refractivity contribution in [2.45, 2.75) is 44.7 Å². The highest BCUT2D eigenvalue weighted by Crippen LogP contribution is 2.41. The molecule has 8 heteroatoms. The topological polar surface area (TPSA) is 64.1 Å². The Morgan fingerprint density at radius 2 is 2.00 bits per heavy atom. The fourth-order valence-corrected chi connectivity index (χ4v) is 4.13. The molecule has 1 aromatic heterocycles. The predicted octanol–water partition coefficient (Wildman–Crippen LogP) is 7.02. The van der Waals surface area contributed by atoms with Gasteiger partial charge >= 0.3 is 0 Å². The average Bonchev–Trinajstić information content (AvgIpc) is 3.63. The van der Waals surface area contributed by atoms with Gasteiger partial charge in [0, 0.05) is 15.6 Å². The molecule has 33 heavy (non-hydrogen) atoms. The summed E-state index contributed by atoms with van der Waals surface area (Å²) in [6, 6.07) is 12.4. The minimum absolute atomic E-state index is 0.0912. The lowest BCUT2D eigenvalue weighted by Gasteiger charge is -2.17. The van der Waals surface area contributed by atoms with Gasteiger partial charge in [0.05, 0.1) is 18.4 Å². The summed E-state index contributed by atoms with van der Waals surface area (Å²) in [5.41, 5.74) is 2.19. The zero-order valence-electron chi connectivity index (χ0n) is 18.3. The molecule has 0 aliphatic heterocycles. The summed E-state index contributed by atoms with van der Waals surface area (Å²) in [4.78, 5) is 13.2. The summed E-state index contributed by atoms with van der Waals surface area (Å²) < 4.78 is 20.9. The quantitative estimate of drug-likeness (QED) is 0.370. The maximum absolute atomic E-state index is 14.8. The van der Waals surface area contributed by atoms with Crippen molar-refractivity contribution in [3.8, 4) is 11.5 Å². The van der Waals surface area contributed by atoms with Crippen molar-refractivity contribution in [3.05, 3.63) is 81.1 Å². The van der Waals surface area contributed by atoms with Gasteiger partial charge in [-0.05, 0) is 54.5 Å². The maximum Gasteiger partial charge on any atom is 0.257 e. The highest BCUT2D eigenvalue weighted by Gasteiger charge is 2.26. The first-order chi connectivity index (χ1) is 15.8. The maximum atomic E-state index is 14.8. The van der Waals surface area contributed by atoms with E-state index in [1.165, 1.54) is 36.7 Å². The zero-order valence-corrected chi connectivity index (χ0v) is 19.8. The van der Waals surface area contributed by atoms with Crippen LogP contribution in [-0.2, 0) is 0 Å². The molecule has 5 nitrogen and oxygen atoms in total. The van der Waals surface area contributed by atoms with Gasteiger partial charge < -0.3 is 10.1 Å². The minimum atomic E-state index is -1.50. The van der Waals surface area contributed by atoms with Crippen LogP contribution in [-0.4, -0.2) is 22.6 Å². The number of amides is 1. The lowest BCUT2D eigenvalue weighted by Crippen LogP contribution is -2.29. The zero-order chi connectivity index (χ0) is 23.5. The molecule has 2 aromatic carbocycles. The molecule has 3 aromatic rings. The Labute approximate surface area is 202 Å². The Hall–Kier alpha value is -2.70. The van der Waals surface area contributed by atoms with Crippen molar-refractivity contribution in [3.63, 3.8) is 0 Å². The van der Waals surface area contributed by atoms with E-state index in [1.807, 2.05) is 32.0 Å². The average molecular weight is 488 g/mol. The fourth-order valence-electron chi connectivity index (χ4n) is 3.61. The van der Waals surface area contributed by atoms with Crippen LogP contribution in [0.2, 0.25) is 10.0 Å². The molecule has 0 saturated heterocycles. The third kappa shape index (κ3) is 5.63. The van der Waals surface area contributed by atoms with E-state index in [-0.39, 0.29) is 34.4 Å². The van der Waals surface area contributed by atoms with Gasteiger partial charge in [-0.3, -0.25) is 4.79 Å². The molecule has 0 bridgehead atoms. The molecule has 0 unspecified atom stereocenters. The molecular formula is C25H24Cl2FN3O2. The van der Waals surface area contributed by atoms with E-state index < -0.39 is 12.1 Å². The van der Waals surface area contributed by atoms with Crippen molar-refractivity contribution >= 4 is 29.1 Å². The second-order valence-corrected chi connectivity index (χ2v) is 9.26. The van der Waals surface area contributed by atoms with Gasteiger partial charge in [0.1, 0.15) is 17.5 Å². The number of rotatable bonds is 8. The van der Waals surface area contributed by atoms with Gasteiger partial charge in [-0.2, -0.15) is 10.2 Å². The Kier molecular flexibility index (Phi) is 7.15. The van der Waals surface area contributed by atoms with Crippen molar-refractivity contribution in [2.75, 3.05) is 6.54 Å². The van der Waals surface area contributed by atoms with Gasteiger partial charge in [-0.15, -0.1) is 0 Å². The van der Waals surface area contributed by atoms with Crippen LogP contribution in [0.4, 0.5) is 4.39 Å². The largest absolute Gasteiger partial charge is 0.455 e. The number of carbonyl (C=O) groups excluding carboxylic acids is 1. The van der Waals surface area contributed by atoms with Gasteiger partial charge in [-0.1, -0.05) is 55.2 Å². The van der Waals surface area contributed by atoms with Crippen LogP contribution in [0.1, 0.15) is 71.9 Å². The van der Waals surface area contributed by atoms with Crippen LogP contribution in [0.3, 0.4) is 0 Å². The Morgan fingerprint density at radius 1 is 1.21 bits per heavy atom. The summed E-state index contributed by atoms with van der Waals surface area (Å²) in [5.74, 6) is 0.881. The number of hydrogen-bond donors (Lipinski definition) is 1. The second kappa shape index (κ2) is 10.1. The molecule has 4 rings (SSSR count).